The number of anilines is 1. The predicted molar refractivity (Wildman–Crippen MR) is 64.9 cm³/mol. The Labute approximate surface area is 97.1 Å². The molecule has 0 aliphatic carbocycles. The first-order valence-electron chi connectivity index (χ1n) is 5.91. The van der Waals surface area contributed by atoms with E-state index >= 15 is 0 Å². The molecule has 2 rings (SSSR count). The van der Waals surface area contributed by atoms with Gasteiger partial charge in [-0.05, 0) is 47.0 Å². The van der Waals surface area contributed by atoms with E-state index in [0.717, 1.165) is 12.8 Å². The van der Waals surface area contributed by atoms with Crippen LogP contribution < -0.4 is 4.90 Å². The zero-order valence-corrected chi connectivity index (χ0v) is 10.6. The standard InChI is InChI=1S/C13H21NO2/c1-12(2)7-5-8-13(3,4)14(12)11-10(15)6-9-16-11/h6,9,15H,5,7-8H2,1-4H3. The van der Waals surface area contributed by atoms with E-state index in [4.69, 9.17) is 4.42 Å². The van der Waals surface area contributed by atoms with Crippen LogP contribution in [0, 0.1) is 0 Å². The Morgan fingerprint density at radius 2 is 1.75 bits per heavy atom. The molecule has 1 aliphatic heterocycles. The maximum Gasteiger partial charge on any atom is 0.238 e. The lowest BCUT2D eigenvalue weighted by atomic mass is 9.80. The number of furan rings is 1. The molecule has 1 aliphatic rings. The Morgan fingerprint density at radius 1 is 1.19 bits per heavy atom. The normalized spacial score (nSPS) is 23.4. The summed E-state index contributed by atoms with van der Waals surface area (Å²) in [5.74, 6) is 0.845. The number of rotatable bonds is 1. The van der Waals surface area contributed by atoms with Crippen LogP contribution in [0.1, 0.15) is 47.0 Å². The molecule has 1 aromatic heterocycles. The highest BCUT2D eigenvalue weighted by Crippen LogP contribution is 2.45. The topological polar surface area (TPSA) is 36.6 Å². The molecule has 16 heavy (non-hydrogen) atoms. The maximum absolute atomic E-state index is 9.83. The number of hydrogen-bond donors (Lipinski definition) is 1. The van der Waals surface area contributed by atoms with Gasteiger partial charge in [-0.15, -0.1) is 0 Å². The van der Waals surface area contributed by atoms with Crippen LogP contribution in [0.15, 0.2) is 16.7 Å². The van der Waals surface area contributed by atoms with Crippen molar-refractivity contribution in [2.45, 2.75) is 58.0 Å². The van der Waals surface area contributed by atoms with Crippen molar-refractivity contribution in [1.29, 1.82) is 0 Å². The van der Waals surface area contributed by atoms with Crippen LogP contribution in [0.2, 0.25) is 0 Å². The molecule has 90 valence electrons. The lowest BCUT2D eigenvalue weighted by Gasteiger charge is -2.52. The number of aromatic hydroxyl groups is 1. The summed E-state index contributed by atoms with van der Waals surface area (Å²) in [6.45, 7) is 8.82. The summed E-state index contributed by atoms with van der Waals surface area (Å²) >= 11 is 0. The van der Waals surface area contributed by atoms with E-state index in [-0.39, 0.29) is 16.8 Å². The van der Waals surface area contributed by atoms with Crippen LogP contribution in [0.5, 0.6) is 5.75 Å². The fraction of sp³-hybridized carbons (Fsp3) is 0.692. The smallest absolute Gasteiger partial charge is 0.238 e. The molecule has 3 nitrogen and oxygen atoms in total. The fourth-order valence-electron chi connectivity index (χ4n) is 3.01. The van der Waals surface area contributed by atoms with Crippen molar-refractivity contribution in [3.05, 3.63) is 12.3 Å². The van der Waals surface area contributed by atoms with Gasteiger partial charge in [0.2, 0.25) is 5.88 Å². The van der Waals surface area contributed by atoms with E-state index in [1.165, 1.54) is 6.42 Å². The van der Waals surface area contributed by atoms with Gasteiger partial charge >= 0.3 is 0 Å². The van der Waals surface area contributed by atoms with Crippen molar-refractivity contribution in [1.82, 2.24) is 0 Å². The highest BCUT2D eigenvalue weighted by Gasteiger charge is 2.43. The second-order valence-electron chi connectivity index (χ2n) is 5.92. The Morgan fingerprint density at radius 3 is 2.19 bits per heavy atom. The second kappa shape index (κ2) is 3.44. The molecule has 0 amide bonds. The fourth-order valence-corrected chi connectivity index (χ4v) is 3.01. The van der Waals surface area contributed by atoms with Gasteiger partial charge in [-0.25, -0.2) is 0 Å². The van der Waals surface area contributed by atoms with E-state index in [0.29, 0.717) is 5.88 Å². The van der Waals surface area contributed by atoms with Gasteiger partial charge in [0.25, 0.3) is 0 Å². The Balaban J connectivity index is 2.45. The molecule has 0 radical (unpaired) electrons. The average molecular weight is 223 g/mol. The third kappa shape index (κ3) is 1.68. The summed E-state index contributed by atoms with van der Waals surface area (Å²) in [6.07, 6.45) is 5.01. The quantitative estimate of drug-likeness (QED) is 0.791. The van der Waals surface area contributed by atoms with Gasteiger partial charge in [-0.1, -0.05) is 0 Å². The molecule has 0 aromatic carbocycles. The van der Waals surface area contributed by atoms with E-state index < -0.39 is 0 Å². The molecule has 2 heterocycles. The molecule has 0 saturated carbocycles. The first-order valence-corrected chi connectivity index (χ1v) is 5.91. The molecule has 1 saturated heterocycles. The van der Waals surface area contributed by atoms with Crippen molar-refractivity contribution in [2.75, 3.05) is 4.90 Å². The molecule has 1 aromatic rings. The average Bonchev–Trinajstić information content (AvgIpc) is 2.49. The maximum atomic E-state index is 9.83. The van der Waals surface area contributed by atoms with Crippen LogP contribution in [0.4, 0.5) is 5.88 Å². The van der Waals surface area contributed by atoms with Crippen LogP contribution >= 0.6 is 0 Å². The van der Waals surface area contributed by atoms with Crippen molar-refractivity contribution < 1.29 is 9.52 Å². The van der Waals surface area contributed by atoms with E-state index in [9.17, 15) is 5.11 Å². The first kappa shape index (κ1) is 11.4. The molecule has 3 heteroatoms. The predicted octanol–water partition coefficient (Wildman–Crippen LogP) is 3.53. The largest absolute Gasteiger partial charge is 0.503 e. The third-order valence-electron chi connectivity index (χ3n) is 3.62. The van der Waals surface area contributed by atoms with E-state index in [1.807, 2.05) is 0 Å². The van der Waals surface area contributed by atoms with Gasteiger partial charge in [0.05, 0.1) is 6.26 Å². The number of nitrogens with zero attached hydrogens (tertiary/aromatic N) is 1. The van der Waals surface area contributed by atoms with Crippen molar-refractivity contribution in [3.63, 3.8) is 0 Å². The van der Waals surface area contributed by atoms with Crippen LogP contribution in [-0.4, -0.2) is 16.2 Å². The molecule has 0 atom stereocenters. The van der Waals surface area contributed by atoms with Gasteiger partial charge in [0.15, 0.2) is 5.75 Å². The molecule has 0 spiro atoms. The van der Waals surface area contributed by atoms with Gasteiger partial charge in [-0.3, -0.25) is 0 Å². The zero-order valence-electron chi connectivity index (χ0n) is 10.6. The van der Waals surface area contributed by atoms with Crippen LogP contribution in [-0.2, 0) is 0 Å². The molecule has 1 N–H and O–H groups in total. The van der Waals surface area contributed by atoms with Gasteiger partial charge in [0.1, 0.15) is 0 Å². The Kier molecular flexibility index (Phi) is 2.44. The van der Waals surface area contributed by atoms with E-state index in [2.05, 4.69) is 32.6 Å². The minimum absolute atomic E-state index is 0.0249. The minimum Gasteiger partial charge on any atom is -0.503 e. The van der Waals surface area contributed by atoms with Crippen LogP contribution in [0.3, 0.4) is 0 Å². The molecule has 0 bridgehead atoms. The van der Waals surface area contributed by atoms with Crippen LogP contribution in [0.25, 0.3) is 0 Å². The molecule has 1 fully saturated rings. The highest BCUT2D eigenvalue weighted by atomic mass is 16.4. The van der Waals surface area contributed by atoms with E-state index in [1.54, 1.807) is 12.3 Å². The summed E-state index contributed by atoms with van der Waals surface area (Å²) in [4.78, 5) is 2.22. The summed E-state index contributed by atoms with van der Waals surface area (Å²) in [5.41, 5.74) is 0.0498. The Bertz CT molecular complexity index is 363. The van der Waals surface area contributed by atoms with Gasteiger partial charge in [-0.2, -0.15) is 0 Å². The monoisotopic (exact) mass is 223 g/mol. The summed E-state index contributed by atoms with van der Waals surface area (Å²) in [7, 11) is 0. The second-order valence-corrected chi connectivity index (χ2v) is 5.92. The number of piperidine rings is 1. The molecular weight excluding hydrogens is 202 g/mol. The lowest BCUT2D eigenvalue weighted by Crippen LogP contribution is -2.58. The molecular formula is C13H21NO2. The minimum atomic E-state index is 0.0249. The highest BCUT2D eigenvalue weighted by molar-refractivity contribution is 5.53. The van der Waals surface area contributed by atoms with Gasteiger partial charge < -0.3 is 14.4 Å². The summed E-state index contributed by atoms with van der Waals surface area (Å²) in [6, 6.07) is 1.61. The Hall–Kier alpha value is -1.12. The SMILES string of the molecule is CC1(C)CCCC(C)(C)N1c1occc1O. The third-order valence-corrected chi connectivity index (χ3v) is 3.62. The van der Waals surface area contributed by atoms with Crippen molar-refractivity contribution in [2.24, 2.45) is 0 Å². The summed E-state index contributed by atoms with van der Waals surface area (Å²) < 4.78 is 5.45. The van der Waals surface area contributed by atoms with Gasteiger partial charge in [0, 0.05) is 17.1 Å². The molecule has 0 unspecified atom stereocenters. The summed E-state index contributed by atoms with van der Waals surface area (Å²) in [5, 5.41) is 9.83. The van der Waals surface area contributed by atoms with Crippen molar-refractivity contribution in [3.8, 4) is 5.75 Å². The lowest BCUT2D eigenvalue weighted by molar-refractivity contribution is 0.227. The number of hydrogen-bond acceptors (Lipinski definition) is 3. The first-order chi connectivity index (χ1) is 7.34. The zero-order chi connectivity index (χ0) is 12.0. The van der Waals surface area contributed by atoms with Crippen molar-refractivity contribution >= 4 is 5.88 Å².